The third-order valence-electron chi connectivity index (χ3n) is 7.01. The Morgan fingerprint density at radius 2 is 1.81 bits per heavy atom. The summed E-state index contributed by atoms with van der Waals surface area (Å²) in [6, 6.07) is 9.45. The van der Waals surface area contributed by atoms with Gasteiger partial charge in [-0.1, -0.05) is 42.9 Å². The molecule has 0 aliphatic carbocycles. The van der Waals surface area contributed by atoms with Gasteiger partial charge < -0.3 is 4.90 Å². The van der Waals surface area contributed by atoms with Crippen LogP contribution in [0.4, 0.5) is 5.13 Å². The molecule has 2 aromatic carbocycles. The highest BCUT2D eigenvalue weighted by molar-refractivity contribution is 7.89. The third-order valence-corrected chi connectivity index (χ3v) is 10.2. The Kier molecular flexibility index (Phi) is 8.36. The molecule has 2 heterocycles. The highest BCUT2D eigenvalue weighted by atomic mass is 35.5. The van der Waals surface area contributed by atoms with Gasteiger partial charge in [-0.3, -0.25) is 9.69 Å². The van der Waals surface area contributed by atoms with Gasteiger partial charge in [-0.15, -0.1) is 0 Å². The zero-order valence-electron chi connectivity index (χ0n) is 21.2. The zero-order chi connectivity index (χ0) is 26.0. The van der Waals surface area contributed by atoms with Gasteiger partial charge >= 0.3 is 0 Å². The molecule has 1 saturated heterocycles. The van der Waals surface area contributed by atoms with E-state index in [1.165, 1.54) is 27.8 Å². The van der Waals surface area contributed by atoms with Crippen molar-refractivity contribution in [3.05, 3.63) is 52.5 Å². The van der Waals surface area contributed by atoms with Crippen molar-refractivity contribution in [2.24, 2.45) is 0 Å². The quantitative estimate of drug-likeness (QED) is 0.372. The summed E-state index contributed by atoms with van der Waals surface area (Å²) in [6.07, 6.45) is 1.11. The van der Waals surface area contributed by atoms with Gasteiger partial charge in [0.15, 0.2) is 5.13 Å². The summed E-state index contributed by atoms with van der Waals surface area (Å²) in [5, 5.41) is 1.08. The van der Waals surface area contributed by atoms with Gasteiger partial charge in [-0.25, -0.2) is 13.4 Å². The predicted molar refractivity (Wildman–Crippen MR) is 148 cm³/mol. The lowest BCUT2D eigenvalue weighted by atomic mass is 10.1. The van der Waals surface area contributed by atoms with Crippen LogP contribution >= 0.6 is 22.9 Å². The SMILES string of the molecule is CCN(CC)CCN(C(=O)C1CCCN1S(=O)(=O)c1ccc(Cl)cc1)c1nc2c(C)c(C)ccc2s1. The maximum Gasteiger partial charge on any atom is 0.247 e. The number of sulfonamides is 1. The van der Waals surface area contributed by atoms with Crippen molar-refractivity contribution in [1.82, 2.24) is 14.2 Å². The van der Waals surface area contributed by atoms with E-state index in [2.05, 4.69) is 31.7 Å². The number of benzene rings is 2. The second kappa shape index (κ2) is 11.1. The minimum Gasteiger partial charge on any atom is -0.302 e. The number of amides is 1. The van der Waals surface area contributed by atoms with Gasteiger partial charge in [0.1, 0.15) is 6.04 Å². The van der Waals surface area contributed by atoms with Crippen molar-refractivity contribution in [2.45, 2.75) is 51.5 Å². The Labute approximate surface area is 222 Å². The van der Waals surface area contributed by atoms with E-state index in [4.69, 9.17) is 16.6 Å². The Morgan fingerprint density at radius 1 is 1.11 bits per heavy atom. The molecule has 36 heavy (non-hydrogen) atoms. The standard InChI is InChI=1S/C26H33ClN4O3S2/c1-5-29(6-2)16-17-30(26-28-24-19(4)18(3)9-14-23(24)35-26)25(32)22-8-7-15-31(22)36(33,34)21-12-10-20(27)11-13-21/h9-14,22H,5-8,15-17H2,1-4H3. The summed E-state index contributed by atoms with van der Waals surface area (Å²) in [4.78, 5) is 23.0. The van der Waals surface area contributed by atoms with Gasteiger partial charge in [0.05, 0.1) is 15.1 Å². The minimum absolute atomic E-state index is 0.146. The number of carbonyl (C=O) groups is 1. The molecule has 1 fully saturated rings. The molecule has 4 rings (SSSR count). The summed E-state index contributed by atoms with van der Waals surface area (Å²) in [6.45, 7) is 11.5. The van der Waals surface area contributed by atoms with Crippen LogP contribution in [-0.4, -0.2) is 67.3 Å². The molecular weight excluding hydrogens is 516 g/mol. The van der Waals surface area contributed by atoms with Gasteiger partial charge in [0, 0.05) is 24.7 Å². The molecule has 194 valence electrons. The van der Waals surface area contributed by atoms with Crippen LogP contribution in [0.15, 0.2) is 41.3 Å². The first-order chi connectivity index (χ1) is 17.2. The summed E-state index contributed by atoms with van der Waals surface area (Å²) in [5.74, 6) is -0.217. The highest BCUT2D eigenvalue weighted by Gasteiger charge is 2.42. The Morgan fingerprint density at radius 3 is 2.47 bits per heavy atom. The van der Waals surface area contributed by atoms with Crippen LogP contribution in [0.1, 0.15) is 37.8 Å². The van der Waals surface area contributed by atoms with Crippen molar-refractivity contribution in [1.29, 1.82) is 0 Å². The lowest BCUT2D eigenvalue weighted by molar-refractivity contribution is -0.121. The van der Waals surface area contributed by atoms with Gasteiger partial charge in [-0.2, -0.15) is 4.31 Å². The number of likely N-dealkylation sites (N-methyl/N-ethyl adjacent to an activating group) is 1. The van der Waals surface area contributed by atoms with E-state index in [9.17, 15) is 13.2 Å². The number of rotatable bonds is 9. The topological polar surface area (TPSA) is 73.8 Å². The molecule has 10 heteroatoms. The van der Waals surface area contributed by atoms with E-state index in [0.29, 0.717) is 42.6 Å². The molecule has 1 aromatic heterocycles. The predicted octanol–water partition coefficient (Wildman–Crippen LogP) is 5.09. The molecule has 0 spiro atoms. The van der Waals surface area contributed by atoms with Crippen molar-refractivity contribution >= 4 is 54.2 Å². The first kappa shape index (κ1) is 27.0. The van der Waals surface area contributed by atoms with Crippen molar-refractivity contribution in [2.75, 3.05) is 37.6 Å². The number of fused-ring (bicyclic) bond motifs is 1. The first-order valence-electron chi connectivity index (χ1n) is 12.3. The van der Waals surface area contributed by atoms with Crippen LogP contribution in [0, 0.1) is 13.8 Å². The monoisotopic (exact) mass is 548 g/mol. The third kappa shape index (κ3) is 5.31. The molecule has 0 saturated carbocycles. The Hall–Kier alpha value is -2.04. The molecule has 7 nitrogen and oxygen atoms in total. The van der Waals surface area contributed by atoms with E-state index < -0.39 is 16.1 Å². The van der Waals surface area contributed by atoms with Crippen LogP contribution in [-0.2, 0) is 14.8 Å². The van der Waals surface area contributed by atoms with Gasteiger partial charge in [0.2, 0.25) is 15.9 Å². The summed E-state index contributed by atoms with van der Waals surface area (Å²) >= 11 is 7.45. The second-order valence-corrected chi connectivity index (χ2v) is 12.4. The number of halogens is 1. The van der Waals surface area contributed by atoms with E-state index in [-0.39, 0.29) is 10.8 Å². The molecule has 0 radical (unpaired) electrons. The van der Waals surface area contributed by atoms with E-state index >= 15 is 0 Å². The fourth-order valence-electron chi connectivity index (χ4n) is 4.61. The first-order valence-corrected chi connectivity index (χ1v) is 15.0. The number of thiazole rings is 1. The zero-order valence-corrected chi connectivity index (χ0v) is 23.6. The fraction of sp³-hybridized carbons (Fsp3) is 0.462. The fourth-order valence-corrected chi connectivity index (χ4v) is 7.44. The maximum atomic E-state index is 14.1. The van der Waals surface area contributed by atoms with E-state index in [0.717, 1.165) is 34.4 Å². The normalized spacial score (nSPS) is 16.8. The highest BCUT2D eigenvalue weighted by Crippen LogP contribution is 2.34. The number of aromatic nitrogens is 1. The van der Waals surface area contributed by atoms with Crippen LogP contribution < -0.4 is 4.90 Å². The van der Waals surface area contributed by atoms with E-state index in [1.807, 2.05) is 13.0 Å². The summed E-state index contributed by atoms with van der Waals surface area (Å²) in [7, 11) is -3.84. The van der Waals surface area contributed by atoms with Crippen molar-refractivity contribution < 1.29 is 13.2 Å². The molecule has 3 aromatic rings. The van der Waals surface area contributed by atoms with E-state index in [1.54, 1.807) is 17.0 Å². The van der Waals surface area contributed by atoms with Crippen LogP contribution in [0.5, 0.6) is 0 Å². The minimum atomic E-state index is -3.84. The Bertz CT molecular complexity index is 1340. The van der Waals surface area contributed by atoms with Crippen molar-refractivity contribution in [3.8, 4) is 0 Å². The van der Waals surface area contributed by atoms with Gasteiger partial charge in [-0.05, 0) is 81.2 Å². The smallest absolute Gasteiger partial charge is 0.247 e. The average molecular weight is 549 g/mol. The number of aryl methyl sites for hydroxylation is 2. The molecule has 1 atom stereocenters. The van der Waals surface area contributed by atoms with Gasteiger partial charge in [0.25, 0.3) is 0 Å². The maximum absolute atomic E-state index is 14.1. The number of hydrogen-bond acceptors (Lipinski definition) is 6. The van der Waals surface area contributed by atoms with Crippen LogP contribution in [0.25, 0.3) is 10.2 Å². The molecule has 0 bridgehead atoms. The molecule has 1 aliphatic heterocycles. The lowest BCUT2D eigenvalue weighted by Crippen LogP contribution is -2.49. The molecule has 0 N–H and O–H groups in total. The number of hydrogen-bond donors (Lipinski definition) is 0. The molecule has 1 unspecified atom stereocenters. The summed E-state index contributed by atoms with van der Waals surface area (Å²) in [5.41, 5.74) is 3.14. The van der Waals surface area contributed by atoms with Crippen molar-refractivity contribution in [3.63, 3.8) is 0 Å². The lowest BCUT2D eigenvalue weighted by Gasteiger charge is -2.30. The molecular formula is C26H33ClN4O3S2. The number of carbonyl (C=O) groups excluding carboxylic acids is 1. The number of nitrogens with zero attached hydrogens (tertiary/aromatic N) is 4. The number of anilines is 1. The van der Waals surface area contributed by atoms with Crippen LogP contribution in [0.3, 0.4) is 0 Å². The summed E-state index contributed by atoms with van der Waals surface area (Å²) < 4.78 is 29.4. The largest absolute Gasteiger partial charge is 0.302 e. The average Bonchev–Trinajstić information content (AvgIpc) is 3.53. The second-order valence-electron chi connectivity index (χ2n) is 9.10. The molecule has 1 amide bonds. The Balaban J connectivity index is 1.70. The van der Waals surface area contributed by atoms with Crippen LogP contribution in [0.2, 0.25) is 5.02 Å². The molecule has 1 aliphatic rings.